The molecule has 0 spiro atoms. The van der Waals surface area contributed by atoms with Gasteiger partial charge in [0.15, 0.2) is 5.96 Å². The summed E-state index contributed by atoms with van der Waals surface area (Å²) in [6.45, 7) is 2.68. The molecule has 1 aliphatic heterocycles. The summed E-state index contributed by atoms with van der Waals surface area (Å²) in [5.41, 5.74) is 0.817. The molecule has 0 atom stereocenters. The molecule has 1 aromatic heterocycles. The Hall–Kier alpha value is -2.58. The normalized spacial score (nSPS) is 18.5. The average Bonchev–Trinajstić information content (AvgIpc) is 3.36. The number of anilines is 1. The predicted molar refractivity (Wildman–Crippen MR) is 94.2 cm³/mol. The van der Waals surface area contributed by atoms with E-state index in [0.29, 0.717) is 32.1 Å². The van der Waals surface area contributed by atoms with Gasteiger partial charge in [0.2, 0.25) is 11.8 Å². The van der Waals surface area contributed by atoms with Crippen molar-refractivity contribution in [1.82, 2.24) is 25.3 Å². The number of aliphatic imine (C=N–C) groups is 1. The fourth-order valence-corrected chi connectivity index (χ4v) is 2.86. The fourth-order valence-electron chi connectivity index (χ4n) is 2.86. The Bertz CT molecular complexity index is 665. The highest BCUT2D eigenvalue weighted by Crippen LogP contribution is 2.28. The van der Waals surface area contributed by atoms with Crippen LogP contribution in [0.3, 0.4) is 0 Å². The van der Waals surface area contributed by atoms with Gasteiger partial charge in [0.05, 0.1) is 11.9 Å². The van der Waals surface area contributed by atoms with Crippen molar-refractivity contribution < 1.29 is 9.59 Å². The minimum atomic E-state index is 0.0178. The standard InChI is InChI=1S/C16H25N7O2/c1-17-16(19-6-5-18-15(25)12-3-4-12)22-7-8-23(14(24)11-22)13-9-20-21(2)10-13/h9-10,12H,3-8,11H2,1-2H3,(H,17,19)(H,18,25). The molecule has 136 valence electrons. The van der Waals surface area contributed by atoms with Crippen molar-refractivity contribution in [3.63, 3.8) is 0 Å². The van der Waals surface area contributed by atoms with Crippen LogP contribution >= 0.6 is 0 Å². The highest BCUT2D eigenvalue weighted by molar-refractivity contribution is 5.98. The van der Waals surface area contributed by atoms with E-state index in [4.69, 9.17) is 0 Å². The van der Waals surface area contributed by atoms with Gasteiger partial charge in [-0.2, -0.15) is 5.10 Å². The highest BCUT2D eigenvalue weighted by atomic mass is 16.2. The number of carbonyl (C=O) groups is 2. The molecule has 1 aromatic rings. The van der Waals surface area contributed by atoms with Crippen molar-refractivity contribution >= 4 is 23.5 Å². The molecule has 9 heteroatoms. The van der Waals surface area contributed by atoms with E-state index < -0.39 is 0 Å². The third-order valence-corrected chi connectivity index (χ3v) is 4.39. The molecule has 25 heavy (non-hydrogen) atoms. The molecule has 9 nitrogen and oxygen atoms in total. The maximum atomic E-state index is 12.4. The van der Waals surface area contributed by atoms with E-state index in [1.54, 1.807) is 22.8 Å². The van der Waals surface area contributed by atoms with Crippen molar-refractivity contribution in [3.8, 4) is 0 Å². The maximum Gasteiger partial charge on any atom is 0.246 e. The number of piperazine rings is 1. The lowest BCUT2D eigenvalue weighted by Gasteiger charge is -2.35. The molecule has 3 rings (SSSR count). The number of nitrogens with one attached hydrogen (secondary N) is 2. The van der Waals surface area contributed by atoms with Crippen LogP contribution in [0.2, 0.25) is 0 Å². The van der Waals surface area contributed by atoms with Gasteiger partial charge in [0.25, 0.3) is 0 Å². The number of aromatic nitrogens is 2. The molecule has 1 saturated carbocycles. The second-order valence-corrected chi connectivity index (χ2v) is 6.38. The van der Waals surface area contributed by atoms with E-state index in [2.05, 4.69) is 20.7 Å². The fraction of sp³-hybridized carbons (Fsp3) is 0.625. The summed E-state index contributed by atoms with van der Waals surface area (Å²) in [7, 11) is 3.53. The topological polar surface area (TPSA) is 94.9 Å². The number of guanidine groups is 1. The van der Waals surface area contributed by atoms with Crippen LogP contribution in [0.25, 0.3) is 0 Å². The highest BCUT2D eigenvalue weighted by Gasteiger charge is 2.29. The van der Waals surface area contributed by atoms with Crippen molar-refractivity contribution in [2.45, 2.75) is 12.8 Å². The minimum Gasteiger partial charge on any atom is -0.354 e. The Labute approximate surface area is 147 Å². The Morgan fingerprint density at radius 2 is 2.08 bits per heavy atom. The first-order valence-corrected chi connectivity index (χ1v) is 8.61. The number of aryl methyl sites for hydroxylation is 1. The monoisotopic (exact) mass is 347 g/mol. The molecule has 2 aliphatic rings. The largest absolute Gasteiger partial charge is 0.354 e. The Morgan fingerprint density at radius 3 is 2.68 bits per heavy atom. The summed E-state index contributed by atoms with van der Waals surface area (Å²) in [6.07, 6.45) is 5.54. The molecule has 0 radical (unpaired) electrons. The summed E-state index contributed by atoms with van der Waals surface area (Å²) in [4.78, 5) is 32.0. The molecule has 0 aromatic carbocycles. The van der Waals surface area contributed by atoms with Crippen LogP contribution in [-0.4, -0.2) is 72.2 Å². The van der Waals surface area contributed by atoms with Gasteiger partial charge in [-0.05, 0) is 12.8 Å². The van der Waals surface area contributed by atoms with Crippen molar-refractivity contribution in [2.24, 2.45) is 18.0 Å². The lowest BCUT2D eigenvalue weighted by Crippen LogP contribution is -2.56. The van der Waals surface area contributed by atoms with Gasteiger partial charge in [-0.25, -0.2) is 0 Å². The van der Waals surface area contributed by atoms with Gasteiger partial charge in [0.1, 0.15) is 6.54 Å². The molecule has 2 fully saturated rings. The number of hydrogen-bond donors (Lipinski definition) is 2. The number of nitrogens with zero attached hydrogens (tertiary/aromatic N) is 5. The van der Waals surface area contributed by atoms with E-state index in [9.17, 15) is 9.59 Å². The smallest absolute Gasteiger partial charge is 0.246 e. The minimum absolute atomic E-state index is 0.0178. The van der Waals surface area contributed by atoms with Crippen LogP contribution in [0.4, 0.5) is 5.69 Å². The van der Waals surface area contributed by atoms with E-state index in [0.717, 1.165) is 18.5 Å². The lowest BCUT2D eigenvalue weighted by molar-refractivity contribution is -0.122. The Balaban J connectivity index is 1.46. The zero-order valence-corrected chi connectivity index (χ0v) is 14.7. The van der Waals surface area contributed by atoms with Crippen LogP contribution in [0, 0.1) is 5.92 Å². The second-order valence-electron chi connectivity index (χ2n) is 6.38. The molecule has 1 aliphatic carbocycles. The lowest BCUT2D eigenvalue weighted by atomic mass is 10.3. The zero-order chi connectivity index (χ0) is 17.8. The van der Waals surface area contributed by atoms with Gasteiger partial charge >= 0.3 is 0 Å². The molecule has 1 saturated heterocycles. The van der Waals surface area contributed by atoms with Crippen LogP contribution in [0.1, 0.15) is 12.8 Å². The molecule has 0 bridgehead atoms. The first kappa shape index (κ1) is 17.2. The number of hydrogen-bond acceptors (Lipinski definition) is 4. The van der Waals surface area contributed by atoms with Crippen LogP contribution in [-0.2, 0) is 16.6 Å². The first-order chi connectivity index (χ1) is 12.1. The first-order valence-electron chi connectivity index (χ1n) is 8.61. The number of carbonyl (C=O) groups excluding carboxylic acids is 2. The molecule has 2 N–H and O–H groups in total. The third-order valence-electron chi connectivity index (χ3n) is 4.39. The summed E-state index contributed by atoms with van der Waals surface area (Å²) < 4.78 is 1.69. The summed E-state index contributed by atoms with van der Waals surface area (Å²) in [5, 5.41) is 10.2. The van der Waals surface area contributed by atoms with Crippen molar-refractivity contribution in [3.05, 3.63) is 12.4 Å². The molecular weight excluding hydrogens is 322 g/mol. The molecule has 0 unspecified atom stereocenters. The van der Waals surface area contributed by atoms with E-state index in [1.165, 1.54) is 0 Å². The van der Waals surface area contributed by atoms with Gasteiger partial charge < -0.3 is 20.4 Å². The molecule has 2 amide bonds. The van der Waals surface area contributed by atoms with Gasteiger partial charge in [-0.3, -0.25) is 19.3 Å². The van der Waals surface area contributed by atoms with Crippen molar-refractivity contribution in [1.29, 1.82) is 0 Å². The maximum absolute atomic E-state index is 12.4. The quantitative estimate of drug-likeness (QED) is 0.412. The van der Waals surface area contributed by atoms with E-state index >= 15 is 0 Å². The third kappa shape index (κ3) is 4.28. The van der Waals surface area contributed by atoms with Crippen LogP contribution < -0.4 is 15.5 Å². The number of amides is 2. The molecular formula is C16H25N7O2. The SMILES string of the molecule is CN=C(NCCNC(=O)C1CC1)N1CCN(c2cnn(C)c2)C(=O)C1. The molecule has 2 heterocycles. The Morgan fingerprint density at radius 1 is 1.32 bits per heavy atom. The summed E-state index contributed by atoms with van der Waals surface area (Å²) in [5.74, 6) is 1.05. The van der Waals surface area contributed by atoms with E-state index in [1.807, 2.05) is 18.1 Å². The van der Waals surface area contributed by atoms with Gasteiger partial charge in [-0.15, -0.1) is 0 Å². The van der Waals surface area contributed by atoms with E-state index in [-0.39, 0.29) is 24.3 Å². The van der Waals surface area contributed by atoms with Crippen molar-refractivity contribution in [2.75, 3.05) is 44.7 Å². The Kier molecular flexibility index (Phi) is 5.20. The predicted octanol–water partition coefficient (Wildman–Crippen LogP) is -0.830. The van der Waals surface area contributed by atoms with Gasteiger partial charge in [0, 0.05) is 52.4 Å². The summed E-state index contributed by atoms with van der Waals surface area (Å²) >= 11 is 0. The number of rotatable bonds is 5. The second kappa shape index (κ2) is 7.54. The zero-order valence-electron chi connectivity index (χ0n) is 14.7. The summed E-state index contributed by atoms with van der Waals surface area (Å²) in [6, 6.07) is 0. The average molecular weight is 347 g/mol. The van der Waals surface area contributed by atoms with Crippen LogP contribution in [0.15, 0.2) is 17.4 Å². The van der Waals surface area contributed by atoms with Crippen LogP contribution in [0.5, 0.6) is 0 Å². The van der Waals surface area contributed by atoms with Gasteiger partial charge in [-0.1, -0.05) is 0 Å².